The summed E-state index contributed by atoms with van der Waals surface area (Å²) in [5.41, 5.74) is 2.98. The summed E-state index contributed by atoms with van der Waals surface area (Å²) >= 11 is 0. The molecule has 0 radical (unpaired) electrons. The Bertz CT molecular complexity index is 348. The predicted molar refractivity (Wildman–Crippen MR) is 76.5 cm³/mol. The maximum atomic E-state index is 2.51. The Hall–Kier alpha value is -0.820. The van der Waals surface area contributed by atoms with Crippen molar-refractivity contribution in [1.82, 2.24) is 4.90 Å². The minimum absolute atomic E-state index is 0.119. The molecule has 1 aromatic rings. The molecule has 0 N–H and O–H groups in total. The van der Waals surface area contributed by atoms with Crippen LogP contribution in [0.5, 0.6) is 0 Å². The van der Waals surface area contributed by atoms with Crippen molar-refractivity contribution in [3.63, 3.8) is 0 Å². The van der Waals surface area contributed by atoms with Gasteiger partial charge in [0.05, 0.1) is 0 Å². The van der Waals surface area contributed by atoms with E-state index in [1.807, 2.05) is 0 Å². The molecule has 0 aromatic heterocycles. The number of rotatable bonds is 5. The van der Waals surface area contributed by atoms with Gasteiger partial charge in [0.2, 0.25) is 0 Å². The monoisotopic (exact) mass is 233 g/mol. The average Bonchev–Trinajstić information content (AvgIpc) is 2.30. The first-order valence-electron chi connectivity index (χ1n) is 6.79. The molecule has 17 heavy (non-hydrogen) atoms. The highest BCUT2D eigenvalue weighted by Gasteiger charge is 2.26. The largest absolute Gasteiger partial charge is 0.295 e. The van der Waals surface area contributed by atoms with Crippen LogP contribution in [0.3, 0.4) is 0 Å². The Labute approximate surface area is 107 Å². The van der Waals surface area contributed by atoms with Crippen molar-refractivity contribution in [1.29, 1.82) is 0 Å². The zero-order chi connectivity index (χ0) is 13.1. The summed E-state index contributed by atoms with van der Waals surface area (Å²) in [4.78, 5) is 2.51. The smallest absolute Gasteiger partial charge is 0.0404 e. The van der Waals surface area contributed by atoms with E-state index in [9.17, 15) is 0 Å². The standard InChI is InChI=1S/C16H27N/c1-7-17(8-2)16(5,6)15-11-9-10-14(12-15)13(3)4/h9-13H,7-8H2,1-6H3. The summed E-state index contributed by atoms with van der Waals surface area (Å²) in [5, 5.41) is 0. The molecule has 0 amide bonds. The van der Waals surface area contributed by atoms with Gasteiger partial charge >= 0.3 is 0 Å². The van der Waals surface area contributed by atoms with E-state index in [-0.39, 0.29) is 5.54 Å². The van der Waals surface area contributed by atoms with Crippen molar-refractivity contribution in [2.45, 2.75) is 53.0 Å². The fourth-order valence-electron chi connectivity index (χ4n) is 2.48. The van der Waals surface area contributed by atoms with Crippen molar-refractivity contribution >= 4 is 0 Å². The third-order valence-electron chi connectivity index (χ3n) is 3.81. The molecule has 0 heterocycles. The van der Waals surface area contributed by atoms with Gasteiger partial charge < -0.3 is 0 Å². The summed E-state index contributed by atoms with van der Waals surface area (Å²) < 4.78 is 0. The summed E-state index contributed by atoms with van der Waals surface area (Å²) in [5.74, 6) is 0.599. The number of hydrogen-bond donors (Lipinski definition) is 0. The molecular weight excluding hydrogens is 206 g/mol. The molecule has 0 saturated carbocycles. The van der Waals surface area contributed by atoms with E-state index in [0.29, 0.717) is 5.92 Å². The second-order valence-electron chi connectivity index (χ2n) is 5.51. The molecule has 1 heteroatoms. The Morgan fingerprint density at radius 2 is 1.71 bits per heavy atom. The molecule has 0 aliphatic carbocycles. The van der Waals surface area contributed by atoms with Crippen molar-refractivity contribution in [2.75, 3.05) is 13.1 Å². The summed E-state index contributed by atoms with van der Waals surface area (Å²) in [6, 6.07) is 9.04. The lowest BCUT2D eigenvalue weighted by Gasteiger charge is -2.38. The van der Waals surface area contributed by atoms with Crippen LogP contribution in [-0.2, 0) is 5.54 Å². The molecule has 0 bridgehead atoms. The summed E-state index contributed by atoms with van der Waals surface area (Å²) in [6.07, 6.45) is 0. The first kappa shape index (κ1) is 14.2. The van der Waals surface area contributed by atoms with Crippen LogP contribution in [0.2, 0.25) is 0 Å². The van der Waals surface area contributed by atoms with Crippen molar-refractivity contribution in [3.8, 4) is 0 Å². The van der Waals surface area contributed by atoms with E-state index in [0.717, 1.165) is 13.1 Å². The van der Waals surface area contributed by atoms with Gasteiger partial charge in [-0.1, -0.05) is 52.0 Å². The zero-order valence-electron chi connectivity index (χ0n) is 12.2. The predicted octanol–water partition coefficient (Wildman–Crippen LogP) is 4.39. The van der Waals surface area contributed by atoms with E-state index in [2.05, 4.69) is 70.7 Å². The maximum absolute atomic E-state index is 2.51. The van der Waals surface area contributed by atoms with E-state index < -0.39 is 0 Å². The van der Waals surface area contributed by atoms with Crippen molar-refractivity contribution < 1.29 is 0 Å². The molecule has 0 atom stereocenters. The highest BCUT2D eigenvalue weighted by Crippen LogP contribution is 2.29. The SMILES string of the molecule is CCN(CC)C(C)(C)c1cccc(C(C)C)c1. The summed E-state index contributed by atoms with van der Waals surface area (Å²) in [7, 11) is 0. The van der Waals surface area contributed by atoms with E-state index in [1.165, 1.54) is 11.1 Å². The first-order chi connectivity index (χ1) is 7.93. The molecule has 0 spiro atoms. The van der Waals surface area contributed by atoms with Crippen LogP contribution in [0, 0.1) is 0 Å². The van der Waals surface area contributed by atoms with Crippen LogP contribution in [-0.4, -0.2) is 18.0 Å². The second-order valence-corrected chi connectivity index (χ2v) is 5.51. The van der Waals surface area contributed by atoms with Crippen LogP contribution < -0.4 is 0 Å². The van der Waals surface area contributed by atoms with Gasteiger partial charge in [-0.25, -0.2) is 0 Å². The van der Waals surface area contributed by atoms with Crippen LogP contribution >= 0.6 is 0 Å². The van der Waals surface area contributed by atoms with Crippen LogP contribution in [0.25, 0.3) is 0 Å². The number of benzene rings is 1. The molecular formula is C16H27N. The van der Waals surface area contributed by atoms with E-state index >= 15 is 0 Å². The Morgan fingerprint density at radius 3 is 2.18 bits per heavy atom. The highest BCUT2D eigenvalue weighted by atomic mass is 15.2. The lowest BCUT2D eigenvalue weighted by molar-refractivity contribution is 0.135. The number of nitrogens with zero attached hydrogens (tertiary/aromatic N) is 1. The van der Waals surface area contributed by atoms with Gasteiger partial charge in [0.15, 0.2) is 0 Å². The topological polar surface area (TPSA) is 3.24 Å². The van der Waals surface area contributed by atoms with Gasteiger partial charge in [-0.2, -0.15) is 0 Å². The molecule has 1 nitrogen and oxygen atoms in total. The van der Waals surface area contributed by atoms with Gasteiger partial charge in [0.25, 0.3) is 0 Å². The second kappa shape index (κ2) is 5.68. The molecule has 1 aromatic carbocycles. The van der Waals surface area contributed by atoms with Crippen LogP contribution in [0.1, 0.15) is 58.6 Å². The fraction of sp³-hybridized carbons (Fsp3) is 0.625. The Kier molecular flexibility index (Phi) is 4.76. The van der Waals surface area contributed by atoms with E-state index in [4.69, 9.17) is 0 Å². The van der Waals surface area contributed by atoms with Crippen molar-refractivity contribution in [2.24, 2.45) is 0 Å². The molecule has 0 aliphatic rings. The molecule has 96 valence electrons. The highest BCUT2D eigenvalue weighted by molar-refractivity contribution is 5.30. The van der Waals surface area contributed by atoms with Gasteiger partial charge in [-0.15, -0.1) is 0 Å². The van der Waals surface area contributed by atoms with E-state index in [1.54, 1.807) is 0 Å². The van der Waals surface area contributed by atoms with Crippen molar-refractivity contribution in [3.05, 3.63) is 35.4 Å². The molecule has 0 aliphatic heterocycles. The Morgan fingerprint density at radius 1 is 1.12 bits per heavy atom. The molecule has 0 saturated heterocycles. The molecule has 1 rings (SSSR count). The average molecular weight is 233 g/mol. The third-order valence-corrected chi connectivity index (χ3v) is 3.81. The Balaban J connectivity index is 3.09. The lowest BCUT2D eigenvalue weighted by atomic mass is 9.89. The van der Waals surface area contributed by atoms with Crippen LogP contribution in [0.4, 0.5) is 0 Å². The number of hydrogen-bond acceptors (Lipinski definition) is 1. The minimum Gasteiger partial charge on any atom is -0.295 e. The fourth-order valence-corrected chi connectivity index (χ4v) is 2.48. The van der Waals surface area contributed by atoms with Crippen LogP contribution in [0.15, 0.2) is 24.3 Å². The van der Waals surface area contributed by atoms with Gasteiger partial charge in [-0.3, -0.25) is 4.90 Å². The normalized spacial score (nSPS) is 12.5. The quantitative estimate of drug-likeness (QED) is 0.729. The van der Waals surface area contributed by atoms with Gasteiger partial charge in [0, 0.05) is 5.54 Å². The van der Waals surface area contributed by atoms with Gasteiger partial charge in [-0.05, 0) is 44.0 Å². The lowest BCUT2D eigenvalue weighted by Crippen LogP contribution is -2.41. The first-order valence-corrected chi connectivity index (χ1v) is 6.79. The molecule has 0 fully saturated rings. The zero-order valence-corrected chi connectivity index (χ0v) is 12.2. The van der Waals surface area contributed by atoms with Gasteiger partial charge in [0.1, 0.15) is 0 Å². The summed E-state index contributed by atoms with van der Waals surface area (Å²) in [6.45, 7) is 15.8. The third kappa shape index (κ3) is 3.10. The maximum Gasteiger partial charge on any atom is 0.0404 e. The minimum atomic E-state index is 0.119. The molecule has 0 unspecified atom stereocenters.